The molecular weight excluding hydrogens is 475 g/mol. The van der Waals surface area contributed by atoms with E-state index in [1.54, 1.807) is 45.6 Å². The van der Waals surface area contributed by atoms with Crippen molar-refractivity contribution in [3.63, 3.8) is 0 Å². The monoisotopic (exact) mass is 498 g/mol. The number of ether oxygens (including phenoxy) is 4. The average Bonchev–Trinajstić information content (AvgIpc) is 2.74. The molecule has 1 amide bonds. The number of amides is 1. The van der Waals surface area contributed by atoms with Gasteiger partial charge in [-0.3, -0.25) is 4.79 Å². The van der Waals surface area contributed by atoms with E-state index in [0.717, 1.165) is 29.7 Å². The molecule has 2 aromatic rings. The summed E-state index contributed by atoms with van der Waals surface area (Å²) >= 11 is 2.17. The van der Waals surface area contributed by atoms with Crippen molar-refractivity contribution in [2.75, 3.05) is 47.5 Å². The third kappa shape index (κ3) is 4.44. The molecule has 0 atom stereocenters. The minimum atomic E-state index is 0.0405. The maximum atomic E-state index is 12.7. The summed E-state index contributed by atoms with van der Waals surface area (Å²) in [7, 11) is 4.67. The van der Waals surface area contributed by atoms with Gasteiger partial charge in [-0.2, -0.15) is 0 Å². The van der Waals surface area contributed by atoms with Crippen LogP contribution >= 0.6 is 22.6 Å². The fourth-order valence-corrected chi connectivity index (χ4v) is 3.64. The summed E-state index contributed by atoms with van der Waals surface area (Å²) in [4.78, 5) is 14.5. The molecule has 0 spiro atoms. The molecule has 3 rings (SSSR count). The van der Waals surface area contributed by atoms with Crippen molar-refractivity contribution < 1.29 is 23.7 Å². The van der Waals surface area contributed by atoms with Crippen molar-refractivity contribution in [3.05, 3.63) is 39.5 Å². The molecule has 1 N–H and O–H groups in total. The summed E-state index contributed by atoms with van der Waals surface area (Å²) in [5.74, 6) is 2.76. The third-order valence-electron chi connectivity index (χ3n) is 4.45. The maximum Gasteiger partial charge on any atom is 0.253 e. The molecule has 0 unspecified atom stereocenters. The molecule has 0 aliphatic carbocycles. The maximum absolute atomic E-state index is 12.7. The Hall–Kier alpha value is -2.20. The third-order valence-corrected chi connectivity index (χ3v) is 5.29. The van der Waals surface area contributed by atoms with Crippen LogP contribution in [0.1, 0.15) is 10.4 Å². The van der Waals surface area contributed by atoms with Gasteiger partial charge in [0, 0.05) is 43.9 Å². The highest BCUT2D eigenvalue weighted by Crippen LogP contribution is 2.42. The van der Waals surface area contributed by atoms with Crippen molar-refractivity contribution in [2.45, 2.75) is 0 Å². The van der Waals surface area contributed by atoms with Crippen LogP contribution in [-0.2, 0) is 0 Å². The van der Waals surface area contributed by atoms with Crippen LogP contribution in [0.15, 0.2) is 30.3 Å². The van der Waals surface area contributed by atoms with Crippen LogP contribution in [0.3, 0.4) is 0 Å². The van der Waals surface area contributed by atoms with Gasteiger partial charge >= 0.3 is 0 Å². The van der Waals surface area contributed by atoms with Gasteiger partial charge in [-0.25, -0.2) is 0 Å². The minimum absolute atomic E-state index is 0.0405. The largest absolute Gasteiger partial charge is 0.493 e. The van der Waals surface area contributed by atoms with Crippen LogP contribution in [0.4, 0.5) is 0 Å². The highest BCUT2D eigenvalue weighted by Gasteiger charge is 2.19. The first-order chi connectivity index (χ1) is 13.6. The lowest BCUT2D eigenvalue weighted by atomic mass is 10.1. The summed E-state index contributed by atoms with van der Waals surface area (Å²) in [6.45, 7) is 3.09. The predicted molar refractivity (Wildman–Crippen MR) is 114 cm³/mol. The van der Waals surface area contributed by atoms with Crippen LogP contribution < -0.4 is 24.3 Å². The first-order valence-electron chi connectivity index (χ1n) is 8.84. The van der Waals surface area contributed by atoms with Crippen LogP contribution in [-0.4, -0.2) is 58.3 Å². The lowest BCUT2D eigenvalue weighted by Crippen LogP contribution is -2.46. The van der Waals surface area contributed by atoms with E-state index < -0.39 is 0 Å². The van der Waals surface area contributed by atoms with E-state index in [-0.39, 0.29) is 5.91 Å². The summed E-state index contributed by atoms with van der Waals surface area (Å²) in [5, 5.41) is 3.25. The van der Waals surface area contributed by atoms with Gasteiger partial charge in [0.1, 0.15) is 11.5 Å². The fraction of sp³-hybridized carbons (Fsp3) is 0.350. The molecule has 8 heteroatoms. The zero-order valence-corrected chi connectivity index (χ0v) is 18.2. The van der Waals surface area contributed by atoms with E-state index >= 15 is 0 Å². The van der Waals surface area contributed by atoms with Gasteiger partial charge in [-0.15, -0.1) is 0 Å². The van der Waals surface area contributed by atoms with Gasteiger partial charge in [-0.05, 0) is 40.8 Å². The molecule has 0 aromatic heterocycles. The lowest BCUT2D eigenvalue weighted by Gasteiger charge is -2.27. The van der Waals surface area contributed by atoms with Gasteiger partial charge in [0.15, 0.2) is 11.5 Å². The van der Waals surface area contributed by atoms with Crippen LogP contribution in [0.25, 0.3) is 0 Å². The second-order valence-electron chi connectivity index (χ2n) is 6.15. The normalized spacial score (nSPS) is 13.8. The Bertz CT molecular complexity index is 827. The lowest BCUT2D eigenvalue weighted by molar-refractivity contribution is 0.0735. The molecule has 28 heavy (non-hydrogen) atoms. The number of carbonyl (C=O) groups is 1. The summed E-state index contributed by atoms with van der Waals surface area (Å²) in [6.07, 6.45) is 0. The number of hydrogen-bond donors (Lipinski definition) is 1. The SMILES string of the molecule is COc1cc(Oc2ccc(C(=O)N3CCNCC3)cc2I)cc(OC)c1OC. The van der Waals surface area contributed by atoms with E-state index in [2.05, 4.69) is 27.9 Å². The van der Waals surface area contributed by atoms with E-state index in [1.807, 2.05) is 11.0 Å². The quantitative estimate of drug-likeness (QED) is 0.618. The second-order valence-corrected chi connectivity index (χ2v) is 7.31. The second kappa shape index (κ2) is 9.33. The molecule has 2 aromatic carbocycles. The van der Waals surface area contributed by atoms with Crippen LogP contribution in [0, 0.1) is 3.57 Å². The number of hydrogen-bond acceptors (Lipinski definition) is 6. The Balaban J connectivity index is 1.82. The predicted octanol–water partition coefficient (Wildman–Crippen LogP) is 3.15. The Labute approximate surface area is 178 Å². The van der Waals surface area contributed by atoms with E-state index in [9.17, 15) is 4.79 Å². The Morgan fingerprint density at radius 1 is 0.964 bits per heavy atom. The molecule has 7 nitrogen and oxygen atoms in total. The topological polar surface area (TPSA) is 69.3 Å². The van der Waals surface area contributed by atoms with Crippen LogP contribution in [0.5, 0.6) is 28.7 Å². The smallest absolute Gasteiger partial charge is 0.253 e. The van der Waals surface area contributed by atoms with Gasteiger partial charge in [-0.1, -0.05) is 0 Å². The number of rotatable bonds is 6. The molecule has 1 aliphatic rings. The van der Waals surface area contributed by atoms with Gasteiger partial charge in [0.05, 0.1) is 24.9 Å². The number of benzene rings is 2. The fourth-order valence-electron chi connectivity index (χ4n) is 3.01. The van der Waals surface area contributed by atoms with Crippen molar-refractivity contribution in [2.24, 2.45) is 0 Å². The molecule has 0 saturated carbocycles. The molecule has 1 aliphatic heterocycles. The van der Waals surface area contributed by atoms with E-state index in [4.69, 9.17) is 18.9 Å². The first kappa shape index (κ1) is 20.5. The summed E-state index contributed by atoms with van der Waals surface area (Å²) in [5.41, 5.74) is 0.656. The van der Waals surface area contributed by atoms with Crippen LogP contribution in [0.2, 0.25) is 0 Å². The standard InChI is InChI=1S/C20H23IN2O5/c1-25-17-11-14(12-18(26-2)19(17)27-3)28-16-5-4-13(10-15(16)21)20(24)23-8-6-22-7-9-23/h4-5,10-12,22H,6-9H2,1-3H3. The molecule has 0 bridgehead atoms. The number of nitrogens with one attached hydrogen (secondary N) is 1. The number of nitrogens with zero attached hydrogens (tertiary/aromatic N) is 1. The number of methoxy groups -OCH3 is 3. The average molecular weight is 498 g/mol. The van der Waals surface area contributed by atoms with Crippen molar-refractivity contribution >= 4 is 28.5 Å². The highest BCUT2D eigenvalue weighted by atomic mass is 127. The van der Waals surface area contributed by atoms with Crippen molar-refractivity contribution in [1.82, 2.24) is 10.2 Å². The summed E-state index contributed by atoms with van der Waals surface area (Å²) < 4.78 is 22.9. The van der Waals surface area contributed by atoms with Gasteiger partial charge < -0.3 is 29.2 Å². The van der Waals surface area contributed by atoms with Gasteiger partial charge in [0.2, 0.25) is 5.75 Å². The van der Waals surface area contributed by atoms with E-state index in [0.29, 0.717) is 34.3 Å². The van der Waals surface area contributed by atoms with Crippen molar-refractivity contribution in [1.29, 1.82) is 0 Å². The molecule has 1 saturated heterocycles. The Morgan fingerprint density at radius 3 is 2.14 bits per heavy atom. The summed E-state index contributed by atoms with van der Waals surface area (Å²) in [6, 6.07) is 8.91. The Morgan fingerprint density at radius 2 is 1.61 bits per heavy atom. The molecule has 0 radical (unpaired) electrons. The number of halogens is 1. The molecule has 1 heterocycles. The molecule has 150 valence electrons. The molecule has 1 fully saturated rings. The van der Waals surface area contributed by atoms with Gasteiger partial charge in [0.25, 0.3) is 5.91 Å². The number of carbonyl (C=O) groups excluding carboxylic acids is 1. The zero-order valence-electron chi connectivity index (χ0n) is 16.1. The Kier molecular flexibility index (Phi) is 6.84. The highest BCUT2D eigenvalue weighted by molar-refractivity contribution is 14.1. The van der Waals surface area contributed by atoms with Crippen molar-refractivity contribution in [3.8, 4) is 28.7 Å². The number of piperazine rings is 1. The van der Waals surface area contributed by atoms with E-state index in [1.165, 1.54) is 0 Å². The molecular formula is C20H23IN2O5. The minimum Gasteiger partial charge on any atom is -0.493 e. The first-order valence-corrected chi connectivity index (χ1v) is 9.92. The zero-order chi connectivity index (χ0) is 20.1.